The lowest BCUT2D eigenvalue weighted by molar-refractivity contribution is -0.385. The molecule has 1 atom stereocenters. The number of benzene rings is 3. The van der Waals surface area contributed by atoms with Gasteiger partial charge in [-0.25, -0.2) is 8.42 Å². The first kappa shape index (κ1) is 35.1. The van der Waals surface area contributed by atoms with Crippen molar-refractivity contribution >= 4 is 44.8 Å². The zero-order valence-corrected chi connectivity index (χ0v) is 27.4. The molecule has 45 heavy (non-hydrogen) atoms. The molecule has 1 unspecified atom stereocenters. The first-order chi connectivity index (χ1) is 21.3. The van der Waals surface area contributed by atoms with E-state index in [1.165, 1.54) is 56.4 Å². The molecular weight excluding hydrogens is 624 g/mol. The number of methoxy groups -OCH3 is 2. The predicted molar refractivity (Wildman–Crippen MR) is 171 cm³/mol. The molecule has 0 saturated carbocycles. The van der Waals surface area contributed by atoms with Gasteiger partial charge >= 0.3 is 0 Å². The Morgan fingerprint density at radius 2 is 1.73 bits per heavy atom. The molecule has 0 aliphatic carbocycles. The van der Waals surface area contributed by atoms with E-state index in [9.17, 15) is 28.1 Å². The number of rotatable bonds is 15. The standard InChI is InChI=1S/C31H37ClN4O8S/c1-6-7-16-33-31(38)22(3)34(19-23-9-12-25(43-4)13-10-23)30(37)20-35(28-17-24(32)11-15-29(28)44-5)45(41,42)26-14-8-21(2)27(18-26)36(39)40/h8-15,17-18,22H,6-7,16,19-20H2,1-5H3,(H,33,38). The van der Waals surface area contributed by atoms with E-state index in [4.69, 9.17) is 21.1 Å². The van der Waals surface area contributed by atoms with Crippen molar-refractivity contribution < 1.29 is 32.4 Å². The van der Waals surface area contributed by atoms with Crippen LogP contribution in [0.5, 0.6) is 11.5 Å². The Morgan fingerprint density at radius 3 is 2.33 bits per heavy atom. The van der Waals surface area contributed by atoms with Crippen LogP contribution in [0.15, 0.2) is 65.6 Å². The van der Waals surface area contributed by atoms with E-state index in [0.717, 1.165) is 23.2 Å². The molecule has 0 saturated heterocycles. The molecule has 3 rings (SSSR count). The van der Waals surface area contributed by atoms with E-state index in [0.29, 0.717) is 17.9 Å². The lowest BCUT2D eigenvalue weighted by Gasteiger charge is -2.32. The van der Waals surface area contributed by atoms with Crippen molar-refractivity contribution in [1.29, 1.82) is 0 Å². The number of anilines is 1. The molecule has 0 heterocycles. The van der Waals surface area contributed by atoms with Gasteiger partial charge in [-0.2, -0.15) is 0 Å². The van der Waals surface area contributed by atoms with Crippen LogP contribution in [0.1, 0.15) is 37.8 Å². The zero-order valence-electron chi connectivity index (χ0n) is 25.8. The molecule has 0 aliphatic rings. The zero-order chi connectivity index (χ0) is 33.3. The quantitative estimate of drug-likeness (QED) is 0.134. The first-order valence-electron chi connectivity index (χ1n) is 14.1. The number of unbranched alkanes of at least 4 members (excludes halogenated alkanes) is 1. The van der Waals surface area contributed by atoms with E-state index in [1.54, 1.807) is 31.2 Å². The highest BCUT2D eigenvalue weighted by Gasteiger charge is 2.35. The van der Waals surface area contributed by atoms with Crippen molar-refractivity contribution in [2.24, 2.45) is 0 Å². The van der Waals surface area contributed by atoms with Gasteiger partial charge in [0.25, 0.3) is 15.7 Å². The second-order valence-corrected chi connectivity index (χ2v) is 12.5. The van der Waals surface area contributed by atoms with Gasteiger partial charge in [0, 0.05) is 29.7 Å². The molecule has 242 valence electrons. The molecular formula is C31H37ClN4O8S. The summed E-state index contributed by atoms with van der Waals surface area (Å²) < 4.78 is 39.8. The SMILES string of the molecule is CCCCNC(=O)C(C)N(Cc1ccc(OC)cc1)C(=O)CN(c1cc(Cl)ccc1OC)S(=O)(=O)c1ccc(C)c([N+](=O)[O-])c1. The summed E-state index contributed by atoms with van der Waals surface area (Å²) in [6.45, 7) is 4.64. The summed E-state index contributed by atoms with van der Waals surface area (Å²) in [5.74, 6) is -0.436. The van der Waals surface area contributed by atoms with Crippen LogP contribution in [-0.2, 0) is 26.2 Å². The molecule has 3 aromatic carbocycles. The van der Waals surface area contributed by atoms with Gasteiger partial charge < -0.3 is 19.7 Å². The molecule has 14 heteroatoms. The van der Waals surface area contributed by atoms with E-state index < -0.39 is 49.9 Å². The molecule has 0 aliphatic heterocycles. The van der Waals surface area contributed by atoms with E-state index in [-0.39, 0.29) is 28.6 Å². The molecule has 0 radical (unpaired) electrons. The maximum Gasteiger partial charge on any atom is 0.273 e. The Hall–Kier alpha value is -4.36. The summed E-state index contributed by atoms with van der Waals surface area (Å²) in [4.78, 5) is 39.1. The summed E-state index contributed by atoms with van der Waals surface area (Å²) in [7, 11) is -1.77. The van der Waals surface area contributed by atoms with Crippen molar-refractivity contribution in [3.63, 3.8) is 0 Å². The fourth-order valence-corrected chi connectivity index (χ4v) is 6.09. The van der Waals surface area contributed by atoms with Crippen LogP contribution in [0.4, 0.5) is 11.4 Å². The van der Waals surface area contributed by atoms with Crippen LogP contribution in [-0.4, -0.2) is 63.4 Å². The number of aryl methyl sites for hydroxylation is 1. The van der Waals surface area contributed by atoms with Crippen molar-refractivity contribution in [3.05, 3.63) is 86.9 Å². The molecule has 0 bridgehead atoms. The van der Waals surface area contributed by atoms with Crippen LogP contribution >= 0.6 is 11.6 Å². The maximum atomic E-state index is 14.2. The number of halogens is 1. The number of hydrogen-bond acceptors (Lipinski definition) is 8. The monoisotopic (exact) mass is 660 g/mol. The van der Waals surface area contributed by atoms with Crippen molar-refractivity contribution in [2.45, 2.75) is 51.1 Å². The largest absolute Gasteiger partial charge is 0.497 e. The molecule has 3 aromatic rings. The van der Waals surface area contributed by atoms with E-state index in [2.05, 4.69) is 5.32 Å². The molecule has 2 amide bonds. The lowest BCUT2D eigenvalue weighted by Crippen LogP contribution is -2.51. The molecule has 12 nitrogen and oxygen atoms in total. The second-order valence-electron chi connectivity index (χ2n) is 10.2. The van der Waals surface area contributed by atoms with Gasteiger partial charge in [-0.05, 0) is 62.2 Å². The number of carbonyl (C=O) groups is 2. The lowest BCUT2D eigenvalue weighted by atomic mass is 10.1. The van der Waals surface area contributed by atoms with Gasteiger partial charge in [0.2, 0.25) is 11.8 Å². The minimum absolute atomic E-state index is 0.0260. The molecule has 0 aromatic heterocycles. The normalized spacial score (nSPS) is 11.8. The highest BCUT2D eigenvalue weighted by Crippen LogP contribution is 2.36. The third kappa shape index (κ3) is 8.64. The van der Waals surface area contributed by atoms with E-state index in [1.807, 2.05) is 6.92 Å². The summed E-state index contributed by atoms with van der Waals surface area (Å²) in [5.41, 5.74) is 0.460. The number of nitro benzene ring substituents is 1. The smallest absolute Gasteiger partial charge is 0.273 e. The predicted octanol–water partition coefficient (Wildman–Crippen LogP) is 5.10. The third-order valence-corrected chi connectivity index (χ3v) is 9.15. The highest BCUT2D eigenvalue weighted by atomic mass is 35.5. The third-order valence-electron chi connectivity index (χ3n) is 7.16. The van der Waals surface area contributed by atoms with Crippen LogP contribution in [0.25, 0.3) is 0 Å². The number of hydrogen-bond donors (Lipinski definition) is 1. The number of ether oxygens (including phenoxy) is 2. The minimum atomic E-state index is -4.62. The molecule has 1 N–H and O–H groups in total. The average molecular weight is 661 g/mol. The van der Waals surface area contributed by atoms with Gasteiger partial charge in [-0.1, -0.05) is 43.1 Å². The first-order valence-corrected chi connectivity index (χ1v) is 16.0. The summed E-state index contributed by atoms with van der Waals surface area (Å²) in [6.07, 6.45) is 1.60. The maximum absolute atomic E-state index is 14.2. The highest BCUT2D eigenvalue weighted by molar-refractivity contribution is 7.92. The molecule has 0 fully saturated rings. The topological polar surface area (TPSA) is 148 Å². The van der Waals surface area contributed by atoms with Crippen LogP contribution in [0.2, 0.25) is 5.02 Å². The van der Waals surface area contributed by atoms with Gasteiger partial charge in [-0.3, -0.25) is 24.0 Å². The summed E-state index contributed by atoms with van der Waals surface area (Å²) in [5, 5.41) is 14.6. The summed E-state index contributed by atoms with van der Waals surface area (Å²) in [6, 6.07) is 13.7. The minimum Gasteiger partial charge on any atom is -0.497 e. The van der Waals surface area contributed by atoms with Crippen molar-refractivity contribution in [1.82, 2.24) is 10.2 Å². The van der Waals surface area contributed by atoms with Gasteiger partial charge in [0.05, 0.1) is 29.7 Å². The Balaban J connectivity index is 2.13. The fraction of sp³-hybridized carbons (Fsp3) is 0.355. The number of nitrogens with one attached hydrogen (secondary N) is 1. The van der Waals surface area contributed by atoms with Crippen LogP contribution in [0, 0.1) is 17.0 Å². The van der Waals surface area contributed by atoms with Crippen LogP contribution < -0.4 is 19.1 Å². The Morgan fingerprint density at radius 1 is 1.04 bits per heavy atom. The number of amides is 2. The number of sulfonamides is 1. The molecule has 0 spiro atoms. The average Bonchev–Trinajstić information content (AvgIpc) is 3.02. The number of nitro groups is 1. The second kappa shape index (κ2) is 15.6. The number of carbonyl (C=O) groups excluding carboxylic acids is 2. The Bertz CT molecular complexity index is 1630. The fourth-order valence-electron chi connectivity index (χ4n) is 4.49. The van der Waals surface area contributed by atoms with Gasteiger partial charge in [-0.15, -0.1) is 0 Å². The Kier molecular flexibility index (Phi) is 12.2. The van der Waals surface area contributed by atoms with Gasteiger partial charge in [0.1, 0.15) is 24.1 Å². The van der Waals surface area contributed by atoms with Crippen LogP contribution in [0.3, 0.4) is 0 Å². The van der Waals surface area contributed by atoms with Crippen molar-refractivity contribution in [2.75, 3.05) is 31.6 Å². The summed E-state index contributed by atoms with van der Waals surface area (Å²) >= 11 is 6.26. The van der Waals surface area contributed by atoms with E-state index >= 15 is 0 Å². The van der Waals surface area contributed by atoms with Crippen molar-refractivity contribution in [3.8, 4) is 11.5 Å². The Labute approximate surface area is 268 Å². The number of nitrogens with zero attached hydrogens (tertiary/aromatic N) is 3. The van der Waals surface area contributed by atoms with Gasteiger partial charge in [0.15, 0.2) is 0 Å².